The lowest BCUT2D eigenvalue weighted by molar-refractivity contribution is -0.252. The number of aliphatic hydroxyl groups excluding tert-OH is 4. The third kappa shape index (κ3) is 4.42. The highest BCUT2D eigenvalue weighted by Crippen LogP contribution is 2.19. The van der Waals surface area contributed by atoms with Gasteiger partial charge in [-0.15, -0.1) is 0 Å². The van der Waals surface area contributed by atoms with Crippen LogP contribution in [-0.2, 0) is 14.8 Å². The first kappa shape index (κ1) is 19.5. The van der Waals surface area contributed by atoms with Gasteiger partial charge in [0.2, 0.25) is 0 Å². The monoisotopic (exact) mass is 380 g/mol. The van der Waals surface area contributed by atoms with Gasteiger partial charge in [-0.2, -0.15) is 0 Å². The van der Waals surface area contributed by atoms with Gasteiger partial charge in [-0.05, 0) is 24.3 Å². The van der Waals surface area contributed by atoms with Crippen molar-refractivity contribution < 1.29 is 42.8 Å². The van der Waals surface area contributed by atoms with Crippen LogP contribution in [0, 0.1) is 5.82 Å². The Bertz CT molecular complexity index is 713. The largest absolute Gasteiger partial charge is 0.394 e. The van der Waals surface area contributed by atoms with Crippen molar-refractivity contribution in [3.8, 4) is 0 Å². The molecule has 1 aliphatic rings. The van der Waals surface area contributed by atoms with Crippen LogP contribution >= 0.6 is 0 Å². The third-order valence-electron chi connectivity index (χ3n) is 3.55. The number of sulfonamides is 1. The predicted molar refractivity (Wildman–Crippen MR) is 79.0 cm³/mol. The highest BCUT2D eigenvalue weighted by atomic mass is 32.2. The van der Waals surface area contributed by atoms with E-state index in [0.29, 0.717) is 0 Å². The maximum atomic E-state index is 12.8. The summed E-state index contributed by atoms with van der Waals surface area (Å²) >= 11 is 0. The van der Waals surface area contributed by atoms with Gasteiger partial charge in [0.05, 0.1) is 11.5 Å². The van der Waals surface area contributed by atoms with Gasteiger partial charge in [0.25, 0.3) is 10.0 Å². The molecule has 0 spiro atoms. The van der Waals surface area contributed by atoms with Crippen molar-refractivity contribution in [2.24, 2.45) is 0 Å². The van der Waals surface area contributed by atoms with Gasteiger partial charge in [0.1, 0.15) is 30.2 Å². The number of urea groups is 1. The summed E-state index contributed by atoms with van der Waals surface area (Å²) in [6.07, 6.45) is -6.41. The van der Waals surface area contributed by atoms with Crippen LogP contribution in [0.25, 0.3) is 0 Å². The van der Waals surface area contributed by atoms with Crippen LogP contribution in [0.1, 0.15) is 0 Å². The zero-order valence-electron chi connectivity index (χ0n) is 12.6. The Labute approximate surface area is 141 Å². The van der Waals surface area contributed by atoms with Gasteiger partial charge in [-0.1, -0.05) is 0 Å². The molecule has 0 saturated carbocycles. The number of halogens is 1. The zero-order valence-corrected chi connectivity index (χ0v) is 13.4. The number of ether oxygens (including phenoxy) is 1. The fraction of sp³-hybridized carbons (Fsp3) is 0.462. The molecule has 6 N–H and O–H groups in total. The molecule has 25 heavy (non-hydrogen) atoms. The molecule has 1 heterocycles. The van der Waals surface area contributed by atoms with E-state index in [2.05, 4.69) is 0 Å². The van der Waals surface area contributed by atoms with Crippen molar-refractivity contribution in [3.63, 3.8) is 0 Å². The van der Waals surface area contributed by atoms with Crippen molar-refractivity contribution in [3.05, 3.63) is 30.1 Å². The number of hydrogen-bond acceptors (Lipinski definition) is 8. The van der Waals surface area contributed by atoms with E-state index in [0.717, 1.165) is 24.3 Å². The summed E-state index contributed by atoms with van der Waals surface area (Å²) in [6, 6.07) is 0.787. The van der Waals surface area contributed by atoms with Crippen LogP contribution in [-0.4, -0.2) is 72.1 Å². The van der Waals surface area contributed by atoms with Gasteiger partial charge in [0.15, 0.2) is 6.29 Å². The molecule has 1 aliphatic heterocycles. The molecule has 0 bridgehead atoms. The standard InChI is InChI=1S/C13H17FN2O8S/c14-6-1-3-7(4-2-6)25(22,23)16-13(21)15-9-11(19)10(18)8(5-17)24-12(9)20/h1-4,8-12,17-20H,5H2,(H2,15,16,21). The Morgan fingerprint density at radius 3 is 2.32 bits per heavy atom. The average molecular weight is 380 g/mol. The number of benzene rings is 1. The first-order chi connectivity index (χ1) is 11.7. The maximum absolute atomic E-state index is 12.8. The summed E-state index contributed by atoms with van der Waals surface area (Å²) in [5.41, 5.74) is 0. The summed E-state index contributed by atoms with van der Waals surface area (Å²) < 4.78 is 43.2. The molecule has 1 saturated heterocycles. The number of amides is 2. The van der Waals surface area contributed by atoms with Crippen LogP contribution in [0.5, 0.6) is 0 Å². The summed E-state index contributed by atoms with van der Waals surface area (Å²) in [6.45, 7) is -0.687. The van der Waals surface area contributed by atoms with E-state index >= 15 is 0 Å². The number of nitrogens with one attached hydrogen (secondary N) is 2. The molecule has 0 radical (unpaired) electrons. The van der Waals surface area contributed by atoms with Crippen molar-refractivity contribution in [1.29, 1.82) is 0 Å². The maximum Gasteiger partial charge on any atom is 0.329 e. The molecule has 1 fully saturated rings. The lowest BCUT2D eigenvalue weighted by Gasteiger charge is -2.40. The smallest absolute Gasteiger partial charge is 0.329 e. The van der Waals surface area contributed by atoms with Crippen LogP contribution in [0.3, 0.4) is 0 Å². The molecule has 10 nitrogen and oxygen atoms in total. The summed E-state index contributed by atoms with van der Waals surface area (Å²) in [5.74, 6) is -0.665. The highest BCUT2D eigenvalue weighted by molar-refractivity contribution is 7.90. The molecule has 5 atom stereocenters. The van der Waals surface area contributed by atoms with Gasteiger partial charge in [-0.25, -0.2) is 22.3 Å². The minimum absolute atomic E-state index is 0.384. The minimum Gasteiger partial charge on any atom is -0.394 e. The zero-order chi connectivity index (χ0) is 18.8. The van der Waals surface area contributed by atoms with Crippen molar-refractivity contribution in [1.82, 2.24) is 10.0 Å². The number of carbonyl (C=O) groups excluding carboxylic acids is 1. The fourth-order valence-electron chi connectivity index (χ4n) is 2.23. The molecule has 12 heteroatoms. The van der Waals surface area contributed by atoms with Crippen LogP contribution < -0.4 is 10.0 Å². The van der Waals surface area contributed by atoms with Crippen molar-refractivity contribution in [2.75, 3.05) is 6.61 Å². The van der Waals surface area contributed by atoms with Crippen LogP contribution in [0.4, 0.5) is 9.18 Å². The molecular weight excluding hydrogens is 363 g/mol. The fourth-order valence-corrected chi connectivity index (χ4v) is 3.14. The first-order valence-electron chi connectivity index (χ1n) is 7.05. The number of hydrogen-bond donors (Lipinski definition) is 6. The lowest BCUT2D eigenvalue weighted by Crippen LogP contribution is -2.65. The molecule has 0 aliphatic carbocycles. The Hall–Kier alpha value is -1.83. The molecule has 140 valence electrons. The Kier molecular flexibility index (Phi) is 5.92. The SMILES string of the molecule is O=C(NC1C(O)OC(CO)C(O)C1O)NS(=O)(=O)c1ccc(F)cc1. The van der Waals surface area contributed by atoms with Gasteiger partial charge < -0.3 is 30.5 Å². The quantitative estimate of drug-likeness (QED) is 0.337. The van der Waals surface area contributed by atoms with E-state index in [1.54, 1.807) is 4.72 Å². The Morgan fingerprint density at radius 1 is 1.16 bits per heavy atom. The van der Waals surface area contributed by atoms with E-state index in [-0.39, 0.29) is 4.90 Å². The molecule has 1 aromatic carbocycles. The summed E-state index contributed by atoms with van der Waals surface area (Å²) in [7, 11) is -4.33. The topological polar surface area (TPSA) is 165 Å². The van der Waals surface area contributed by atoms with Gasteiger partial charge in [0, 0.05) is 0 Å². The van der Waals surface area contributed by atoms with Crippen LogP contribution in [0.15, 0.2) is 29.2 Å². The molecule has 2 rings (SSSR count). The van der Waals surface area contributed by atoms with E-state index < -0.39 is 59.1 Å². The Morgan fingerprint density at radius 2 is 1.76 bits per heavy atom. The highest BCUT2D eigenvalue weighted by Gasteiger charge is 2.44. The van der Waals surface area contributed by atoms with Gasteiger partial charge in [-0.3, -0.25) is 0 Å². The summed E-state index contributed by atoms with van der Waals surface area (Å²) in [5, 5.41) is 40.2. The molecule has 1 aromatic rings. The molecule has 5 unspecified atom stereocenters. The van der Waals surface area contributed by atoms with E-state index in [4.69, 9.17) is 9.84 Å². The van der Waals surface area contributed by atoms with E-state index in [1.807, 2.05) is 5.32 Å². The molecule has 0 aromatic heterocycles. The summed E-state index contributed by atoms with van der Waals surface area (Å²) in [4.78, 5) is 11.4. The molecule has 2 amide bonds. The number of aliphatic hydroxyl groups is 4. The average Bonchev–Trinajstić information content (AvgIpc) is 2.55. The molecular formula is C13H17FN2O8S. The number of carbonyl (C=O) groups is 1. The van der Waals surface area contributed by atoms with E-state index in [1.165, 1.54) is 0 Å². The Balaban J connectivity index is 2.05. The van der Waals surface area contributed by atoms with Crippen LogP contribution in [0.2, 0.25) is 0 Å². The second-order valence-electron chi connectivity index (χ2n) is 5.29. The first-order valence-corrected chi connectivity index (χ1v) is 8.53. The predicted octanol–water partition coefficient (Wildman–Crippen LogP) is -2.39. The van der Waals surface area contributed by atoms with E-state index in [9.17, 15) is 32.9 Å². The lowest BCUT2D eigenvalue weighted by atomic mass is 9.97. The number of rotatable bonds is 4. The second kappa shape index (κ2) is 7.59. The van der Waals surface area contributed by atoms with Gasteiger partial charge >= 0.3 is 6.03 Å². The third-order valence-corrected chi connectivity index (χ3v) is 4.90. The minimum atomic E-state index is -4.33. The normalized spacial score (nSPS) is 29.9. The van der Waals surface area contributed by atoms with Crippen molar-refractivity contribution >= 4 is 16.1 Å². The second-order valence-corrected chi connectivity index (χ2v) is 6.97. The van der Waals surface area contributed by atoms with Crippen molar-refractivity contribution in [2.45, 2.75) is 35.5 Å².